The lowest BCUT2D eigenvalue weighted by molar-refractivity contribution is 0.685. The second-order valence-corrected chi connectivity index (χ2v) is 18.3. The van der Waals surface area contributed by atoms with Gasteiger partial charge in [0.15, 0.2) is 0 Å². The van der Waals surface area contributed by atoms with Crippen LogP contribution in [0.1, 0.15) is 67.2 Å². The number of rotatable bonds is 13. The molecule has 0 atom stereocenters. The average Bonchev–Trinajstić information content (AvgIpc) is 2.52. The van der Waals surface area contributed by atoms with Gasteiger partial charge in [0, 0.05) is 0 Å². The lowest BCUT2D eigenvalue weighted by atomic mass is 10.2. The summed E-state index contributed by atoms with van der Waals surface area (Å²) in [6, 6.07) is 12.3. The van der Waals surface area contributed by atoms with E-state index in [-0.39, 0.29) is 0 Å². The average molecular weight is 315 g/mol. The molecular weight excluding hydrogens is 272 g/mol. The van der Waals surface area contributed by atoms with Crippen molar-refractivity contribution in [2.75, 3.05) is 0 Å². The second-order valence-electron chi connectivity index (χ2n) is 7.04. The molecule has 0 aliphatic rings. The molecule has 0 saturated carbocycles. The van der Waals surface area contributed by atoms with Crippen molar-refractivity contribution in [3.05, 3.63) is 0 Å². The fourth-order valence-corrected chi connectivity index (χ4v) is 11.0. The van der Waals surface area contributed by atoms with E-state index in [1.54, 1.807) is 12.1 Å². The maximum atomic E-state index is 2.45. The summed E-state index contributed by atoms with van der Waals surface area (Å²) >= 11 is 0. The van der Waals surface area contributed by atoms with Crippen LogP contribution >= 0.6 is 0 Å². The van der Waals surface area contributed by atoms with E-state index < -0.39 is 16.1 Å². The molecule has 0 aliphatic heterocycles. The molecule has 0 bridgehead atoms. The van der Waals surface area contributed by atoms with Crippen molar-refractivity contribution in [2.45, 2.75) is 116 Å². The molecule has 0 saturated heterocycles. The van der Waals surface area contributed by atoms with Crippen molar-refractivity contribution in [1.29, 1.82) is 0 Å². The van der Waals surface area contributed by atoms with Crippen LogP contribution in [0.3, 0.4) is 0 Å². The third kappa shape index (κ3) is 6.47. The minimum atomic E-state index is -0.826. The van der Waals surface area contributed by atoms with Crippen LogP contribution in [0.5, 0.6) is 0 Å². The first kappa shape index (κ1) is 20.4. The Morgan fingerprint density at radius 3 is 0.850 bits per heavy atom. The van der Waals surface area contributed by atoms with E-state index in [9.17, 15) is 0 Å². The van der Waals surface area contributed by atoms with E-state index >= 15 is 0 Å². The first-order chi connectivity index (χ1) is 9.57. The summed E-state index contributed by atoms with van der Waals surface area (Å²) in [5, 5.41) is 0. The van der Waals surface area contributed by atoms with E-state index in [0.717, 1.165) is 0 Å². The molecule has 0 heterocycles. The Kier molecular flexibility index (Phi) is 11.3. The highest BCUT2D eigenvalue weighted by Crippen LogP contribution is 2.30. The normalized spacial score (nSPS) is 12.9. The van der Waals surface area contributed by atoms with Gasteiger partial charge in [0.1, 0.15) is 0 Å². The third-order valence-corrected chi connectivity index (χ3v) is 18.5. The van der Waals surface area contributed by atoms with Crippen LogP contribution in [-0.4, -0.2) is 16.1 Å². The summed E-state index contributed by atoms with van der Waals surface area (Å²) in [5.41, 5.74) is 0. The molecule has 20 heavy (non-hydrogen) atoms. The Balaban J connectivity index is 3.87. The number of unbranched alkanes of at least 4 members (excludes halogenated alkanes) is 3. The summed E-state index contributed by atoms with van der Waals surface area (Å²) in [6.45, 7) is 14.7. The Morgan fingerprint density at radius 1 is 0.400 bits per heavy atom. The topological polar surface area (TPSA) is 0 Å². The van der Waals surface area contributed by atoms with Crippen LogP contribution in [0.2, 0.25) is 48.4 Å². The molecule has 0 amide bonds. The Bertz CT molecular complexity index is 177. The van der Waals surface area contributed by atoms with Crippen molar-refractivity contribution in [1.82, 2.24) is 0 Å². The first-order valence-electron chi connectivity index (χ1n) is 9.57. The maximum absolute atomic E-state index is 2.45. The summed E-state index contributed by atoms with van der Waals surface area (Å²) in [5.74, 6) is 0. The second kappa shape index (κ2) is 11.1. The predicted molar refractivity (Wildman–Crippen MR) is 102 cm³/mol. The Hall–Kier alpha value is 0.434. The summed E-state index contributed by atoms with van der Waals surface area (Å²) in [6.07, 6.45) is 6.08. The first-order valence-corrected chi connectivity index (χ1v) is 15.2. The van der Waals surface area contributed by atoms with Gasteiger partial charge in [-0.3, -0.25) is 0 Å². The fraction of sp³-hybridized carbons (Fsp3) is 1.00. The summed E-state index contributed by atoms with van der Waals surface area (Å²) in [4.78, 5) is 0. The third-order valence-electron chi connectivity index (χ3n) is 6.66. The number of hydrogen-bond acceptors (Lipinski definition) is 0. The van der Waals surface area contributed by atoms with Crippen LogP contribution in [0.15, 0.2) is 0 Å². The zero-order valence-corrected chi connectivity index (χ0v) is 17.5. The van der Waals surface area contributed by atoms with Crippen LogP contribution < -0.4 is 0 Å². The largest absolute Gasteiger partial charge is 0.0678 e. The zero-order valence-electron chi connectivity index (χ0n) is 15.5. The fourth-order valence-electron chi connectivity index (χ4n) is 3.91. The van der Waals surface area contributed by atoms with Crippen molar-refractivity contribution >= 4 is 16.1 Å². The molecule has 0 radical (unpaired) electrons. The van der Waals surface area contributed by atoms with Crippen LogP contribution in [0.25, 0.3) is 0 Å². The molecule has 0 aliphatic carbocycles. The molecule has 0 unspecified atom stereocenters. The molecular formula is C18H42Si2. The van der Waals surface area contributed by atoms with E-state index in [4.69, 9.17) is 0 Å². The van der Waals surface area contributed by atoms with Crippen LogP contribution in [-0.2, 0) is 0 Å². The van der Waals surface area contributed by atoms with Crippen molar-refractivity contribution in [2.24, 2.45) is 0 Å². The van der Waals surface area contributed by atoms with E-state index in [1.165, 1.54) is 61.9 Å². The quantitative estimate of drug-likeness (QED) is 0.243. The molecule has 0 nitrogen and oxygen atoms in total. The molecule has 0 fully saturated rings. The molecule has 0 rings (SSSR count). The van der Waals surface area contributed by atoms with Gasteiger partial charge < -0.3 is 0 Å². The predicted octanol–water partition coefficient (Wildman–Crippen LogP) is 7.56. The SMILES string of the molecule is CC[Si](CC)(CC)CCCCCC[Si](CC)(CC)CC. The van der Waals surface area contributed by atoms with Gasteiger partial charge in [0.05, 0.1) is 16.1 Å². The Morgan fingerprint density at radius 2 is 0.650 bits per heavy atom. The Labute approximate surface area is 132 Å². The molecule has 0 aromatic heterocycles. The van der Waals surface area contributed by atoms with Gasteiger partial charge in [-0.1, -0.05) is 116 Å². The standard InChI is InChI=1S/C18H42Si2/c1-7-19(8-2,9-3)17-15-13-14-16-18-20(10-4,11-5)12-6/h7-18H2,1-6H3. The van der Waals surface area contributed by atoms with Gasteiger partial charge in [-0.15, -0.1) is 0 Å². The van der Waals surface area contributed by atoms with Gasteiger partial charge >= 0.3 is 0 Å². The van der Waals surface area contributed by atoms with E-state index in [2.05, 4.69) is 41.5 Å². The molecule has 0 aromatic rings. The molecule has 122 valence electrons. The summed E-state index contributed by atoms with van der Waals surface area (Å²) in [7, 11) is -1.65. The molecule has 2 heteroatoms. The van der Waals surface area contributed by atoms with Crippen molar-refractivity contribution < 1.29 is 0 Å². The smallest absolute Gasteiger partial charge is 0.0527 e. The van der Waals surface area contributed by atoms with E-state index in [1.807, 2.05) is 0 Å². The van der Waals surface area contributed by atoms with Gasteiger partial charge in [0.2, 0.25) is 0 Å². The lowest BCUT2D eigenvalue weighted by Gasteiger charge is -2.29. The molecule has 0 aromatic carbocycles. The van der Waals surface area contributed by atoms with Gasteiger partial charge in [-0.25, -0.2) is 0 Å². The molecule has 0 N–H and O–H groups in total. The lowest BCUT2D eigenvalue weighted by Crippen LogP contribution is -2.31. The zero-order chi connectivity index (χ0) is 15.5. The minimum Gasteiger partial charge on any atom is -0.0678 e. The maximum Gasteiger partial charge on any atom is 0.0527 e. The summed E-state index contributed by atoms with van der Waals surface area (Å²) < 4.78 is 0. The van der Waals surface area contributed by atoms with Gasteiger partial charge in [-0.05, 0) is 0 Å². The highest BCUT2D eigenvalue weighted by atomic mass is 28.3. The van der Waals surface area contributed by atoms with Gasteiger partial charge in [-0.2, -0.15) is 0 Å². The monoisotopic (exact) mass is 314 g/mol. The highest BCUT2D eigenvalue weighted by molar-refractivity contribution is 6.80. The van der Waals surface area contributed by atoms with Crippen LogP contribution in [0, 0.1) is 0 Å². The number of hydrogen-bond donors (Lipinski definition) is 0. The van der Waals surface area contributed by atoms with Crippen LogP contribution in [0.4, 0.5) is 0 Å². The van der Waals surface area contributed by atoms with Crippen molar-refractivity contribution in [3.63, 3.8) is 0 Å². The molecule has 0 spiro atoms. The van der Waals surface area contributed by atoms with E-state index in [0.29, 0.717) is 0 Å². The highest BCUT2D eigenvalue weighted by Gasteiger charge is 2.26. The van der Waals surface area contributed by atoms with Crippen molar-refractivity contribution in [3.8, 4) is 0 Å². The minimum absolute atomic E-state index is 0.826. The van der Waals surface area contributed by atoms with Gasteiger partial charge in [0.25, 0.3) is 0 Å².